The van der Waals surface area contributed by atoms with Gasteiger partial charge >= 0.3 is 5.69 Å². The van der Waals surface area contributed by atoms with Crippen LogP contribution in [0, 0.1) is 20.8 Å². The van der Waals surface area contributed by atoms with E-state index in [1.807, 2.05) is 13.8 Å². The van der Waals surface area contributed by atoms with Gasteiger partial charge in [0.25, 0.3) is 0 Å². The Morgan fingerprint density at radius 2 is 1.75 bits per heavy atom. The van der Waals surface area contributed by atoms with Gasteiger partial charge in [0.1, 0.15) is 11.8 Å². The first kappa shape index (κ1) is 12.6. The van der Waals surface area contributed by atoms with E-state index in [0.717, 1.165) is 22.3 Å². The minimum absolute atomic E-state index is 0.101. The van der Waals surface area contributed by atoms with Crippen LogP contribution in [0.1, 0.15) is 16.7 Å². The first-order chi connectivity index (χ1) is 9.50. The lowest BCUT2D eigenvalue weighted by Gasteiger charge is -2.11. The minimum Gasteiger partial charge on any atom is -0.292 e. The Bertz CT molecular complexity index is 850. The van der Waals surface area contributed by atoms with Gasteiger partial charge in [-0.15, -0.1) is 0 Å². The number of rotatable bonds is 1. The van der Waals surface area contributed by atoms with Crippen molar-refractivity contribution in [3.63, 3.8) is 0 Å². The third kappa shape index (κ3) is 1.66. The van der Waals surface area contributed by atoms with Crippen LogP contribution in [-0.2, 0) is 7.05 Å². The number of hydrogen-bond donors (Lipinski definition) is 0. The molecule has 0 fully saturated rings. The maximum absolute atomic E-state index is 12.5. The second kappa shape index (κ2) is 4.30. The van der Waals surface area contributed by atoms with Crippen LogP contribution >= 0.6 is 0 Å². The highest BCUT2D eigenvalue weighted by atomic mass is 16.1. The molecule has 3 rings (SSSR count). The molecule has 0 saturated heterocycles. The molecule has 0 spiro atoms. The fraction of sp³-hybridized carbons (Fsp3) is 0.267. The number of aromatic nitrogens is 4. The van der Waals surface area contributed by atoms with E-state index in [9.17, 15) is 4.79 Å². The van der Waals surface area contributed by atoms with E-state index in [-0.39, 0.29) is 5.69 Å². The van der Waals surface area contributed by atoms with Gasteiger partial charge in [0.15, 0.2) is 5.65 Å². The van der Waals surface area contributed by atoms with Crippen LogP contribution in [0.2, 0.25) is 0 Å². The van der Waals surface area contributed by atoms with E-state index in [1.165, 1.54) is 11.9 Å². The van der Waals surface area contributed by atoms with Crippen LogP contribution < -0.4 is 5.69 Å². The summed E-state index contributed by atoms with van der Waals surface area (Å²) >= 11 is 0. The summed E-state index contributed by atoms with van der Waals surface area (Å²) in [6.45, 7) is 6.08. The summed E-state index contributed by atoms with van der Waals surface area (Å²) in [6.07, 6.45) is 3.14. The lowest BCUT2D eigenvalue weighted by molar-refractivity contribution is 0.839. The van der Waals surface area contributed by atoms with Gasteiger partial charge in [0, 0.05) is 7.05 Å². The van der Waals surface area contributed by atoms with Crippen molar-refractivity contribution in [3.05, 3.63) is 51.8 Å². The molecule has 0 unspecified atom stereocenters. The van der Waals surface area contributed by atoms with Crippen LogP contribution in [0.15, 0.2) is 29.5 Å². The topological polar surface area (TPSA) is 52.7 Å². The molecule has 0 saturated carbocycles. The smallest absolute Gasteiger partial charge is 0.292 e. The first-order valence-electron chi connectivity index (χ1n) is 6.46. The van der Waals surface area contributed by atoms with Crippen LogP contribution in [0.5, 0.6) is 0 Å². The summed E-state index contributed by atoms with van der Waals surface area (Å²) in [5.41, 5.74) is 5.50. The second-order valence-corrected chi connectivity index (χ2v) is 5.16. The molecule has 0 N–H and O–H groups in total. The number of nitrogens with zero attached hydrogens (tertiary/aromatic N) is 4. The van der Waals surface area contributed by atoms with Crippen LogP contribution in [0.4, 0.5) is 0 Å². The number of aryl methyl sites for hydroxylation is 4. The molecule has 0 atom stereocenters. The largest absolute Gasteiger partial charge is 0.334 e. The molecule has 0 aliphatic carbocycles. The number of hydrogen-bond acceptors (Lipinski definition) is 3. The lowest BCUT2D eigenvalue weighted by Crippen LogP contribution is -2.22. The molecular weight excluding hydrogens is 252 g/mol. The summed E-state index contributed by atoms with van der Waals surface area (Å²) in [6, 6.07) is 4.16. The lowest BCUT2D eigenvalue weighted by atomic mass is 10.1. The molecule has 0 aliphatic heterocycles. The van der Waals surface area contributed by atoms with E-state index < -0.39 is 0 Å². The van der Waals surface area contributed by atoms with Gasteiger partial charge in [-0.1, -0.05) is 17.7 Å². The number of imidazole rings is 1. The highest BCUT2D eigenvalue weighted by Crippen LogP contribution is 2.22. The zero-order valence-corrected chi connectivity index (χ0v) is 12.0. The van der Waals surface area contributed by atoms with Crippen LogP contribution in [0.3, 0.4) is 0 Å². The van der Waals surface area contributed by atoms with Gasteiger partial charge < -0.3 is 0 Å². The van der Waals surface area contributed by atoms with Gasteiger partial charge in [-0.3, -0.25) is 4.57 Å². The molecule has 3 aromatic rings. The molecule has 20 heavy (non-hydrogen) atoms. The van der Waals surface area contributed by atoms with Crippen LogP contribution in [0.25, 0.3) is 16.9 Å². The zero-order valence-electron chi connectivity index (χ0n) is 12.0. The molecule has 0 amide bonds. The molecule has 1 aromatic carbocycles. The average Bonchev–Trinajstić information content (AvgIpc) is 2.64. The minimum atomic E-state index is -0.101. The fourth-order valence-corrected chi connectivity index (χ4v) is 2.80. The monoisotopic (exact) mass is 268 g/mol. The Kier molecular flexibility index (Phi) is 2.71. The SMILES string of the molecule is Cc1cc(C)c(-n2c(=O)n(C)c3cncnc32)c(C)c1. The maximum Gasteiger partial charge on any atom is 0.334 e. The van der Waals surface area contributed by atoms with Crippen molar-refractivity contribution in [2.75, 3.05) is 0 Å². The Balaban J connectivity index is 2.48. The summed E-state index contributed by atoms with van der Waals surface area (Å²) in [7, 11) is 1.74. The van der Waals surface area contributed by atoms with Crippen molar-refractivity contribution in [2.24, 2.45) is 7.05 Å². The summed E-state index contributed by atoms with van der Waals surface area (Å²) < 4.78 is 3.25. The molecule has 5 heteroatoms. The van der Waals surface area contributed by atoms with Gasteiger partial charge in [-0.05, 0) is 31.9 Å². The Hall–Kier alpha value is -2.43. The maximum atomic E-state index is 12.5. The zero-order chi connectivity index (χ0) is 14.4. The number of benzene rings is 1. The van der Waals surface area contributed by atoms with Crippen molar-refractivity contribution in [2.45, 2.75) is 20.8 Å². The summed E-state index contributed by atoms with van der Waals surface area (Å²) in [4.78, 5) is 20.8. The quantitative estimate of drug-likeness (QED) is 0.678. The van der Waals surface area contributed by atoms with Crippen molar-refractivity contribution in [1.29, 1.82) is 0 Å². The average molecular weight is 268 g/mol. The molecule has 5 nitrogen and oxygen atoms in total. The van der Waals surface area contributed by atoms with Crippen molar-refractivity contribution in [3.8, 4) is 5.69 Å². The Morgan fingerprint density at radius 1 is 1.10 bits per heavy atom. The summed E-state index contributed by atoms with van der Waals surface area (Å²) in [5.74, 6) is 0. The molecule has 102 valence electrons. The van der Waals surface area contributed by atoms with E-state index in [1.54, 1.807) is 22.4 Å². The molecular formula is C15H16N4O. The molecule has 0 aliphatic rings. The molecule has 2 aromatic heterocycles. The summed E-state index contributed by atoms with van der Waals surface area (Å²) in [5, 5.41) is 0. The fourth-order valence-electron chi connectivity index (χ4n) is 2.80. The van der Waals surface area contributed by atoms with Gasteiger partial charge in [0.05, 0.1) is 11.9 Å². The Labute approximate surface area is 116 Å². The normalized spacial score (nSPS) is 11.2. The Morgan fingerprint density at radius 3 is 2.40 bits per heavy atom. The second-order valence-electron chi connectivity index (χ2n) is 5.16. The third-order valence-electron chi connectivity index (χ3n) is 3.58. The molecule has 0 radical (unpaired) electrons. The van der Waals surface area contributed by atoms with Crippen LogP contribution in [-0.4, -0.2) is 19.1 Å². The van der Waals surface area contributed by atoms with Crippen molar-refractivity contribution < 1.29 is 0 Å². The predicted octanol–water partition coefficient (Wildman–Crippen LogP) is 2.04. The van der Waals surface area contributed by atoms with E-state index in [2.05, 4.69) is 29.0 Å². The highest BCUT2D eigenvalue weighted by Gasteiger charge is 2.16. The van der Waals surface area contributed by atoms with E-state index in [4.69, 9.17) is 0 Å². The molecule has 2 heterocycles. The molecule has 0 bridgehead atoms. The standard InChI is InChI=1S/C15H16N4O/c1-9-5-10(2)13(11(3)6-9)19-14-12(7-16-8-17-14)18(4)15(19)20/h5-8H,1-4H3. The number of fused-ring (bicyclic) bond motifs is 1. The van der Waals surface area contributed by atoms with Gasteiger partial charge in [-0.2, -0.15) is 0 Å². The third-order valence-corrected chi connectivity index (χ3v) is 3.58. The first-order valence-corrected chi connectivity index (χ1v) is 6.46. The predicted molar refractivity (Wildman–Crippen MR) is 78.3 cm³/mol. The van der Waals surface area contributed by atoms with E-state index >= 15 is 0 Å². The highest BCUT2D eigenvalue weighted by molar-refractivity contribution is 5.73. The van der Waals surface area contributed by atoms with Gasteiger partial charge in [-0.25, -0.2) is 19.3 Å². The van der Waals surface area contributed by atoms with Crippen molar-refractivity contribution in [1.82, 2.24) is 19.1 Å². The van der Waals surface area contributed by atoms with Gasteiger partial charge in [0.2, 0.25) is 0 Å². The van der Waals surface area contributed by atoms with E-state index in [0.29, 0.717) is 5.65 Å². The van der Waals surface area contributed by atoms with Crippen molar-refractivity contribution >= 4 is 11.2 Å².